The lowest BCUT2D eigenvalue weighted by atomic mass is 9.78. The number of nitrogens with zero attached hydrogens (tertiary/aromatic N) is 3. The van der Waals surface area contributed by atoms with Gasteiger partial charge in [0.05, 0.1) is 17.7 Å². The Morgan fingerprint density at radius 1 is 1.13 bits per heavy atom. The van der Waals surface area contributed by atoms with Crippen LogP contribution in [0, 0.1) is 17.8 Å². The van der Waals surface area contributed by atoms with Crippen molar-refractivity contribution in [1.82, 2.24) is 20.2 Å². The fraction of sp³-hybridized carbons (Fsp3) is 0.269. The van der Waals surface area contributed by atoms with E-state index in [1.807, 2.05) is 48.8 Å². The average molecular weight is 411 g/mol. The van der Waals surface area contributed by atoms with E-state index in [2.05, 4.69) is 44.3 Å². The lowest BCUT2D eigenvalue weighted by molar-refractivity contribution is -0.130. The molecule has 1 aliphatic heterocycles. The lowest BCUT2D eigenvalue weighted by Gasteiger charge is -2.29. The number of carbonyl (C=O) groups excluding carboxylic acids is 1. The number of carbonyl (C=O) groups is 1. The van der Waals surface area contributed by atoms with Gasteiger partial charge in [-0.25, -0.2) is 0 Å². The van der Waals surface area contributed by atoms with Crippen LogP contribution in [0.1, 0.15) is 17.7 Å². The molecule has 3 aromatic rings. The molecule has 2 aromatic heterocycles. The maximum atomic E-state index is 13.3. The van der Waals surface area contributed by atoms with E-state index in [-0.39, 0.29) is 12.5 Å². The summed E-state index contributed by atoms with van der Waals surface area (Å²) in [5.74, 6) is 2.55. The summed E-state index contributed by atoms with van der Waals surface area (Å²) < 4.78 is 0. The zero-order valence-electron chi connectivity index (χ0n) is 17.5. The number of pyridine rings is 2. The number of terminal acetylenes is 1. The minimum absolute atomic E-state index is 0.0231. The first-order chi connectivity index (χ1) is 15.2. The Morgan fingerprint density at radius 3 is 2.77 bits per heavy atom. The van der Waals surface area contributed by atoms with Crippen LogP contribution in [0.5, 0.6) is 0 Å². The molecule has 0 saturated carbocycles. The van der Waals surface area contributed by atoms with Gasteiger partial charge in [-0.15, -0.1) is 6.42 Å². The van der Waals surface area contributed by atoms with Gasteiger partial charge >= 0.3 is 0 Å². The van der Waals surface area contributed by atoms with Crippen LogP contribution in [0.4, 0.5) is 0 Å². The van der Waals surface area contributed by atoms with E-state index < -0.39 is 5.41 Å². The monoisotopic (exact) mass is 410 g/mol. The summed E-state index contributed by atoms with van der Waals surface area (Å²) in [5.41, 5.74) is 3.79. The van der Waals surface area contributed by atoms with Crippen LogP contribution in [0.3, 0.4) is 0 Å². The summed E-state index contributed by atoms with van der Waals surface area (Å²) in [4.78, 5) is 24.3. The van der Waals surface area contributed by atoms with Gasteiger partial charge in [0, 0.05) is 37.2 Å². The predicted molar refractivity (Wildman–Crippen MR) is 122 cm³/mol. The number of likely N-dealkylation sites (tertiary alicyclic amines) is 1. The van der Waals surface area contributed by atoms with Gasteiger partial charge in [-0.05, 0) is 48.7 Å². The van der Waals surface area contributed by atoms with Crippen LogP contribution in [0.15, 0.2) is 73.2 Å². The third kappa shape index (κ3) is 4.82. The van der Waals surface area contributed by atoms with Crippen molar-refractivity contribution in [3.63, 3.8) is 0 Å². The molecule has 0 unspecified atom stereocenters. The number of hydrogen-bond acceptors (Lipinski definition) is 4. The smallest absolute Gasteiger partial charge is 0.228 e. The molecule has 0 aliphatic carbocycles. The highest BCUT2D eigenvalue weighted by atomic mass is 16.2. The Morgan fingerprint density at radius 2 is 2.00 bits per heavy atom. The molecule has 0 bridgehead atoms. The molecular weight excluding hydrogens is 384 g/mol. The zero-order valence-corrected chi connectivity index (χ0v) is 17.5. The molecule has 3 heterocycles. The molecule has 1 amide bonds. The zero-order chi connectivity index (χ0) is 21.5. The number of amides is 1. The Kier molecular flexibility index (Phi) is 6.40. The molecular formula is C26H26N4O. The third-order valence-corrected chi connectivity index (χ3v) is 5.90. The van der Waals surface area contributed by atoms with E-state index in [0.717, 1.165) is 41.9 Å². The second kappa shape index (κ2) is 9.55. The standard InChI is InChI=1S/C26H26N4O/c1-2-13-29-25(31)26(12-16-30(20-26)19-23-10-5-6-15-28-23)17-21-8-3-4-11-24(21)22-9-7-14-27-18-22/h1,3-11,14-15,18H,12-13,16-17,19-20H2,(H,29,31)/t26-/m0/s1. The Hall–Kier alpha value is -3.49. The molecule has 1 saturated heterocycles. The van der Waals surface area contributed by atoms with Gasteiger partial charge in [0.2, 0.25) is 5.91 Å². The molecule has 4 rings (SSSR count). The van der Waals surface area contributed by atoms with Crippen LogP contribution in [-0.4, -0.2) is 40.4 Å². The van der Waals surface area contributed by atoms with E-state index in [0.29, 0.717) is 13.0 Å². The summed E-state index contributed by atoms with van der Waals surface area (Å²) in [6.45, 7) is 2.48. The highest BCUT2D eigenvalue weighted by Gasteiger charge is 2.44. The highest BCUT2D eigenvalue weighted by molar-refractivity contribution is 5.84. The maximum absolute atomic E-state index is 13.3. The summed E-state index contributed by atoms with van der Waals surface area (Å²) in [6.07, 6.45) is 12.3. The van der Waals surface area contributed by atoms with Crippen molar-refractivity contribution in [3.05, 3.63) is 84.4 Å². The first kappa shape index (κ1) is 20.8. The molecule has 1 N–H and O–H groups in total. The molecule has 0 spiro atoms. The summed E-state index contributed by atoms with van der Waals surface area (Å²) in [7, 11) is 0. The van der Waals surface area contributed by atoms with E-state index in [4.69, 9.17) is 6.42 Å². The average Bonchev–Trinajstić information content (AvgIpc) is 3.22. The van der Waals surface area contributed by atoms with Gasteiger partial charge in [-0.2, -0.15) is 0 Å². The van der Waals surface area contributed by atoms with E-state index in [1.54, 1.807) is 6.20 Å². The first-order valence-electron chi connectivity index (χ1n) is 10.5. The highest BCUT2D eigenvalue weighted by Crippen LogP contribution is 2.38. The Bertz CT molecular complexity index is 1060. The van der Waals surface area contributed by atoms with Gasteiger partial charge in [-0.3, -0.25) is 19.7 Å². The van der Waals surface area contributed by atoms with Crippen LogP contribution in [-0.2, 0) is 17.8 Å². The molecule has 1 atom stereocenters. The summed E-state index contributed by atoms with van der Waals surface area (Å²) >= 11 is 0. The minimum atomic E-state index is -0.538. The van der Waals surface area contributed by atoms with E-state index in [1.165, 1.54) is 0 Å². The van der Waals surface area contributed by atoms with Crippen molar-refractivity contribution in [3.8, 4) is 23.5 Å². The molecule has 5 nitrogen and oxygen atoms in total. The third-order valence-electron chi connectivity index (χ3n) is 5.90. The predicted octanol–water partition coefficient (Wildman–Crippen LogP) is 3.33. The topological polar surface area (TPSA) is 58.1 Å². The normalized spacial score (nSPS) is 18.4. The van der Waals surface area contributed by atoms with Crippen LogP contribution < -0.4 is 5.32 Å². The van der Waals surface area contributed by atoms with Crippen LogP contribution in [0.2, 0.25) is 0 Å². The SMILES string of the molecule is C#CCNC(=O)[C@]1(Cc2ccccc2-c2cccnc2)CCN(Cc2ccccn2)C1. The molecule has 31 heavy (non-hydrogen) atoms. The number of aromatic nitrogens is 2. The largest absolute Gasteiger partial charge is 0.345 e. The van der Waals surface area contributed by atoms with Crippen molar-refractivity contribution in [2.45, 2.75) is 19.4 Å². The fourth-order valence-electron chi connectivity index (χ4n) is 4.39. The minimum Gasteiger partial charge on any atom is -0.345 e. The number of rotatable bonds is 7. The lowest BCUT2D eigenvalue weighted by Crippen LogP contribution is -2.44. The van der Waals surface area contributed by atoms with Gasteiger partial charge in [0.25, 0.3) is 0 Å². The second-order valence-corrected chi connectivity index (χ2v) is 8.02. The quantitative estimate of drug-likeness (QED) is 0.607. The van der Waals surface area contributed by atoms with Crippen LogP contribution >= 0.6 is 0 Å². The number of nitrogens with one attached hydrogen (secondary N) is 1. The molecule has 5 heteroatoms. The van der Waals surface area contributed by atoms with Crippen LogP contribution in [0.25, 0.3) is 11.1 Å². The van der Waals surface area contributed by atoms with Gasteiger partial charge < -0.3 is 5.32 Å². The number of hydrogen-bond donors (Lipinski definition) is 1. The van der Waals surface area contributed by atoms with Crippen molar-refractivity contribution in [2.24, 2.45) is 5.41 Å². The van der Waals surface area contributed by atoms with Crippen molar-refractivity contribution in [2.75, 3.05) is 19.6 Å². The van der Waals surface area contributed by atoms with Gasteiger partial charge in [0.15, 0.2) is 0 Å². The Labute approximate surface area is 183 Å². The molecule has 1 aliphatic rings. The van der Waals surface area contributed by atoms with Gasteiger partial charge in [0.1, 0.15) is 0 Å². The molecule has 1 aromatic carbocycles. The van der Waals surface area contributed by atoms with Crippen molar-refractivity contribution in [1.29, 1.82) is 0 Å². The van der Waals surface area contributed by atoms with Crippen molar-refractivity contribution >= 4 is 5.91 Å². The molecule has 156 valence electrons. The number of benzene rings is 1. The summed E-state index contributed by atoms with van der Waals surface area (Å²) in [5, 5.41) is 2.95. The van der Waals surface area contributed by atoms with E-state index in [9.17, 15) is 4.79 Å². The molecule has 1 fully saturated rings. The summed E-state index contributed by atoms with van der Waals surface area (Å²) in [6, 6.07) is 18.2. The van der Waals surface area contributed by atoms with E-state index >= 15 is 0 Å². The van der Waals surface area contributed by atoms with Crippen molar-refractivity contribution < 1.29 is 4.79 Å². The second-order valence-electron chi connectivity index (χ2n) is 8.02. The van der Waals surface area contributed by atoms with Gasteiger partial charge in [-0.1, -0.05) is 42.3 Å². The maximum Gasteiger partial charge on any atom is 0.228 e. The fourth-order valence-corrected chi connectivity index (χ4v) is 4.39. The molecule has 0 radical (unpaired) electrons. The Balaban J connectivity index is 1.61. The first-order valence-corrected chi connectivity index (χ1v) is 10.5.